The van der Waals surface area contributed by atoms with Gasteiger partial charge in [-0.15, -0.1) is 0 Å². The Hall–Kier alpha value is -1.39. The van der Waals surface area contributed by atoms with Crippen molar-refractivity contribution in [2.24, 2.45) is 10.8 Å². The van der Waals surface area contributed by atoms with Crippen molar-refractivity contribution in [2.45, 2.75) is 38.5 Å². The number of nitrogens with two attached hydrogens (primary N) is 1. The van der Waals surface area contributed by atoms with Crippen molar-refractivity contribution < 1.29 is 4.79 Å². The zero-order chi connectivity index (χ0) is 14.5. The largest absolute Gasteiger partial charge is 0.330 e. The summed E-state index contributed by atoms with van der Waals surface area (Å²) < 4.78 is 0. The van der Waals surface area contributed by atoms with Crippen LogP contribution in [0.15, 0.2) is 17.2 Å². The first kappa shape index (κ1) is 15.0. The second-order valence-corrected chi connectivity index (χ2v) is 5.53. The van der Waals surface area contributed by atoms with Gasteiger partial charge in [0.15, 0.2) is 0 Å². The third kappa shape index (κ3) is 3.38. The van der Waals surface area contributed by atoms with E-state index in [0.29, 0.717) is 18.0 Å². The minimum atomic E-state index is -0.239. The van der Waals surface area contributed by atoms with E-state index in [1.165, 1.54) is 11.1 Å². The van der Waals surface area contributed by atoms with Crippen molar-refractivity contribution in [2.75, 3.05) is 6.54 Å². The smallest absolute Gasteiger partial charge is 0.248 e. The van der Waals surface area contributed by atoms with E-state index < -0.39 is 0 Å². The van der Waals surface area contributed by atoms with Crippen molar-refractivity contribution in [3.63, 3.8) is 0 Å². The number of aryl methyl sites for hydroxylation is 2. The molecule has 0 bridgehead atoms. The molecule has 4 nitrogen and oxygen atoms in total. The maximum Gasteiger partial charge on any atom is 0.248 e. The van der Waals surface area contributed by atoms with Crippen molar-refractivity contribution in [3.8, 4) is 0 Å². The lowest BCUT2D eigenvalue weighted by molar-refractivity contribution is -0.122. The van der Waals surface area contributed by atoms with Crippen molar-refractivity contribution in [1.29, 1.82) is 0 Å². The summed E-state index contributed by atoms with van der Waals surface area (Å²) in [6.45, 7) is 2.78. The van der Waals surface area contributed by atoms with Gasteiger partial charge in [0.2, 0.25) is 5.91 Å². The molecule has 5 heteroatoms. The second kappa shape index (κ2) is 6.86. The van der Waals surface area contributed by atoms with E-state index in [-0.39, 0.29) is 11.8 Å². The number of carbonyl (C=O) groups excluding carboxylic acids is 1. The van der Waals surface area contributed by atoms with Crippen molar-refractivity contribution in [3.05, 3.63) is 33.8 Å². The van der Waals surface area contributed by atoms with Crippen molar-refractivity contribution in [1.82, 2.24) is 5.43 Å². The average molecular weight is 294 g/mol. The Morgan fingerprint density at radius 3 is 2.95 bits per heavy atom. The molecule has 20 heavy (non-hydrogen) atoms. The first-order valence-electron chi connectivity index (χ1n) is 6.94. The fourth-order valence-corrected chi connectivity index (χ4v) is 2.78. The second-order valence-electron chi connectivity index (χ2n) is 5.12. The summed E-state index contributed by atoms with van der Waals surface area (Å²) in [6.07, 6.45) is 5.36. The predicted molar refractivity (Wildman–Crippen MR) is 82.2 cm³/mol. The molecule has 1 heterocycles. The third-order valence-electron chi connectivity index (χ3n) is 3.65. The van der Waals surface area contributed by atoms with Crippen molar-refractivity contribution >= 4 is 23.7 Å². The highest BCUT2D eigenvalue weighted by molar-refractivity contribution is 6.31. The summed E-state index contributed by atoms with van der Waals surface area (Å²) in [7, 11) is 0. The number of hydrogen-bond acceptors (Lipinski definition) is 3. The van der Waals surface area contributed by atoms with E-state index >= 15 is 0 Å². The quantitative estimate of drug-likeness (QED) is 0.819. The molecule has 108 valence electrons. The minimum Gasteiger partial charge on any atom is -0.330 e. The number of amides is 1. The van der Waals surface area contributed by atoms with Crippen LogP contribution in [-0.4, -0.2) is 18.7 Å². The third-order valence-corrected chi connectivity index (χ3v) is 3.98. The van der Waals surface area contributed by atoms with Gasteiger partial charge in [-0.25, -0.2) is 5.43 Å². The fourth-order valence-electron chi connectivity index (χ4n) is 2.46. The topological polar surface area (TPSA) is 67.5 Å². The zero-order valence-electron chi connectivity index (χ0n) is 11.7. The van der Waals surface area contributed by atoms with Gasteiger partial charge in [-0.3, -0.25) is 4.79 Å². The molecular weight excluding hydrogens is 274 g/mol. The van der Waals surface area contributed by atoms with Gasteiger partial charge in [0.1, 0.15) is 0 Å². The van der Waals surface area contributed by atoms with Gasteiger partial charge in [0.25, 0.3) is 0 Å². The number of rotatable bonds is 5. The Morgan fingerprint density at radius 2 is 2.25 bits per heavy atom. The van der Waals surface area contributed by atoms with Crippen LogP contribution in [0.5, 0.6) is 0 Å². The van der Waals surface area contributed by atoms with Gasteiger partial charge in [-0.2, -0.15) is 5.10 Å². The van der Waals surface area contributed by atoms with Crippen LogP contribution in [0, 0.1) is 6.92 Å². The van der Waals surface area contributed by atoms with Gasteiger partial charge in [0.05, 0.1) is 5.92 Å². The lowest BCUT2D eigenvalue weighted by Gasteiger charge is -2.20. The molecular formula is C15H20ClN3O. The van der Waals surface area contributed by atoms with E-state index in [9.17, 15) is 4.79 Å². The Labute approximate surface area is 124 Å². The van der Waals surface area contributed by atoms with E-state index in [1.807, 2.05) is 12.1 Å². The Bertz CT molecular complexity index is 528. The molecule has 0 aromatic heterocycles. The van der Waals surface area contributed by atoms with Gasteiger partial charge >= 0.3 is 0 Å². The Morgan fingerprint density at radius 1 is 1.45 bits per heavy atom. The van der Waals surface area contributed by atoms with Crippen LogP contribution in [0.3, 0.4) is 0 Å². The molecule has 1 unspecified atom stereocenters. The fraction of sp³-hybridized carbons (Fsp3) is 0.467. The summed E-state index contributed by atoms with van der Waals surface area (Å²) in [4.78, 5) is 11.9. The standard InChI is InChI=1S/C15H20ClN3O/c1-10-8-13(12-5-7-18-19-15(12)20)14(16)9-11(10)4-2-3-6-17/h7-9,12H,2-6,17H2,1H3,(H,19,20). The van der Waals surface area contributed by atoms with Crippen LogP contribution < -0.4 is 11.2 Å². The van der Waals surface area contributed by atoms with Crippen LogP contribution in [0.2, 0.25) is 5.02 Å². The first-order chi connectivity index (χ1) is 9.63. The van der Waals surface area contributed by atoms with E-state index in [1.54, 1.807) is 6.21 Å². The van der Waals surface area contributed by atoms with Crippen LogP contribution in [0.4, 0.5) is 0 Å². The number of carbonyl (C=O) groups is 1. The molecule has 1 amide bonds. The molecule has 0 fully saturated rings. The van der Waals surface area contributed by atoms with Crippen LogP contribution in [0.25, 0.3) is 0 Å². The SMILES string of the molecule is Cc1cc(C2CC=NNC2=O)c(Cl)cc1CCCCN. The lowest BCUT2D eigenvalue weighted by atomic mass is 9.90. The number of hydrogen-bond donors (Lipinski definition) is 2. The first-order valence-corrected chi connectivity index (χ1v) is 7.31. The molecule has 1 aromatic rings. The Kier molecular flexibility index (Phi) is 5.15. The normalized spacial score (nSPS) is 18.1. The predicted octanol–water partition coefficient (Wildman–Crippen LogP) is 2.52. The Balaban J connectivity index is 2.21. The summed E-state index contributed by atoms with van der Waals surface area (Å²) in [6, 6.07) is 4.02. The molecule has 0 radical (unpaired) electrons. The monoisotopic (exact) mass is 293 g/mol. The highest BCUT2D eigenvalue weighted by atomic mass is 35.5. The summed E-state index contributed by atoms with van der Waals surface area (Å²) in [5.74, 6) is -0.332. The van der Waals surface area contributed by atoms with Crippen LogP contribution in [-0.2, 0) is 11.2 Å². The number of nitrogens with zero attached hydrogens (tertiary/aromatic N) is 1. The molecule has 0 saturated heterocycles. The summed E-state index contributed by atoms with van der Waals surface area (Å²) >= 11 is 6.36. The van der Waals surface area contributed by atoms with Gasteiger partial charge in [-0.1, -0.05) is 17.7 Å². The van der Waals surface area contributed by atoms with Gasteiger partial charge in [0, 0.05) is 17.7 Å². The highest BCUT2D eigenvalue weighted by Crippen LogP contribution is 2.31. The van der Waals surface area contributed by atoms with Crippen LogP contribution >= 0.6 is 11.6 Å². The molecule has 1 aliphatic rings. The van der Waals surface area contributed by atoms with E-state index in [2.05, 4.69) is 17.5 Å². The molecule has 0 aliphatic carbocycles. The molecule has 2 rings (SSSR count). The maximum atomic E-state index is 11.9. The molecule has 1 aromatic carbocycles. The minimum absolute atomic E-state index is 0.0929. The van der Waals surface area contributed by atoms with Crippen LogP contribution in [0.1, 0.15) is 41.9 Å². The summed E-state index contributed by atoms with van der Waals surface area (Å²) in [5.41, 5.74) is 11.3. The van der Waals surface area contributed by atoms with Gasteiger partial charge in [-0.05, 0) is 55.5 Å². The van der Waals surface area contributed by atoms with E-state index in [0.717, 1.165) is 24.8 Å². The molecule has 1 aliphatic heterocycles. The molecule has 3 N–H and O–H groups in total. The molecule has 0 saturated carbocycles. The maximum absolute atomic E-state index is 11.9. The number of nitrogens with one attached hydrogen (secondary N) is 1. The molecule has 0 spiro atoms. The average Bonchev–Trinajstić information content (AvgIpc) is 2.43. The van der Waals surface area contributed by atoms with Gasteiger partial charge < -0.3 is 5.73 Å². The number of hydrazone groups is 1. The summed E-state index contributed by atoms with van der Waals surface area (Å²) in [5, 5.41) is 4.43. The lowest BCUT2D eigenvalue weighted by Crippen LogP contribution is -2.29. The zero-order valence-corrected chi connectivity index (χ0v) is 12.4. The molecule has 1 atom stereocenters. The number of halogens is 1. The number of unbranched alkanes of at least 4 members (excludes halogenated alkanes) is 1. The number of benzene rings is 1. The highest BCUT2D eigenvalue weighted by Gasteiger charge is 2.25. The van der Waals surface area contributed by atoms with E-state index in [4.69, 9.17) is 17.3 Å².